The van der Waals surface area contributed by atoms with Gasteiger partial charge >= 0.3 is 0 Å². The van der Waals surface area contributed by atoms with Crippen LogP contribution in [0.1, 0.15) is 74.9 Å². The van der Waals surface area contributed by atoms with Crippen molar-refractivity contribution in [1.29, 1.82) is 0 Å². The maximum Gasteiger partial charge on any atom is 0.0780 e. The first-order valence-corrected chi connectivity index (χ1v) is 50.3. The van der Waals surface area contributed by atoms with Gasteiger partial charge in [0.15, 0.2) is 0 Å². The van der Waals surface area contributed by atoms with Crippen LogP contribution in [0.4, 0.5) is 0 Å². The number of hydrogen-bond donors (Lipinski definition) is 0. The lowest BCUT2D eigenvalue weighted by Gasteiger charge is -2.25. The number of fused-ring (bicyclic) bond motifs is 16. The zero-order valence-electron chi connectivity index (χ0n) is 81.5. The minimum absolute atomic E-state index is 0.147. The van der Waals surface area contributed by atoms with Crippen LogP contribution in [-0.2, 0) is 16.2 Å². The number of rotatable bonds is 12. The number of hydrogen-bond acceptors (Lipinski definition) is 5. The van der Waals surface area contributed by atoms with E-state index in [0.717, 1.165) is 88.8 Å². The Kier molecular flexibility index (Phi) is 21.3. The van der Waals surface area contributed by atoms with Gasteiger partial charge < -0.3 is 0 Å². The van der Waals surface area contributed by atoms with Gasteiger partial charge in [-0.1, -0.05) is 424 Å². The zero-order valence-corrected chi connectivity index (χ0v) is 81.5. The second-order valence-electron chi connectivity index (χ2n) is 40.4. The molecule has 3 aliphatic rings. The maximum absolute atomic E-state index is 5.26. The summed E-state index contributed by atoms with van der Waals surface area (Å²) in [6.45, 7) is 14.0. The van der Waals surface area contributed by atoms with Crippen LogP contribution in [0.3, 0.4) is 0 Å². The Morgan fingerprint density at radius 2 is 0.400 bits per heavy atom. The van der Waals surface area contributed by atoms with E-state index in [9.17, 15) is 0 Å². The zero-order chi connectivity index (χ0) is 97.2. The van der Waals surface area contributed by atoms with E-state index in [2.05, 4.69) is 509 Å². The Hall–Kier alpha value is -18.0. The fraction of sp³-hybridized carbons (Fsp3) is 0.0643. The lowest BCUT2D eigenvalue weighted by atomic mass is 9.78. The third-order valence-electron chi connectivity index (χ3n) is 30.7. The fourth-order valence-electron chi connectivity index (χ4n) is 23.6. The normalized spacial score (nSPS) is 13.1. The highest BCUT2D eigenvalue weighted by Gasteiger charge is 2.43. The highest BCUT2D eigenvalue weighted by Crippen LogP contribution is 2.58. The molecule has 5 nitrogen and oxygen atoms in total. The molecule has 145 heavy (non-hydrogen) atoms. The van der Waals surface area contributed by atoms with E-state index in [1.807, 2.05) is 24.5 Å². The van der Waals surface area contributed by atoms with Gasteiger partial charge in [-0.15, -0.1) is 0 Å². The first-order valence-electron chi connectivity index (χ1n) is 50.3. The molecule has 0 saturated heterocycles. The first-order chi connectivity index (χ1) is 71.1. The lowest BCUT2D eigenvalue weighted by molar-refractivity contribution is 0.661. The summed E-state index contributed by atoms with van der Waals surface area (Å²) in [4.78, 5) is 25.4. The van der Waals surface area contributed by atoms with Crippen molar-refractivity contribution >= 4 is 76.1 Å². The Balaban J connectivity index is 0.000000111. The van der Waals surface area contributed by atoms with Gasteiger partial charge in [0.2, 0.25) is 0 Å². The van der Waals surface area contributed by atoms with Crippen LogP contribution in [0.25, 0.3) is 243 Å². The van der Waals surface area contributed by atoms with Crippen LogP contribution < -0.4 is 0 Å². The average molecular weight is 1850 g/mol. The molecule has 0 atom stereocenters. The molecule has 25 aromatic rings. The van der Waals surface area contributed by atoms with Crippen LogP contribution in [-0.4, -0.2) is 24.9 Å². The van der Waals surface area contributed by atoms with Gasteiger partial charge in [0.05, 0.1) is 44.7 Å². The van der Waals surface area contributed by atoms with E-state index in [1.165, 1.54) is 188 Å². The van der Waals surface area contributed by atoms with Crippen LogP contribution in [0.5, 0.6) is 0 Å². The molecule has 3 aliphatic carbocycles. The number of nitrogens with zero attached hydrogens (tertiary/aromatic N) is 5. The summed E-state index contributed by atoms with van der Waals surface area (Å²) >= 11 is 0. The third-order valence-corrected chi connectivity index (χ3v) is 30.7. The van der Waals surface area contributed by atoms with Crippen LogP contribution in [0.2, 0.25) is 0 Å². The van der Waals surface area contributed by atoms with Crippen molar-refractivity contribution in [1.82, 2.24) is 24.9 Å². The summed E-state index contributed by atoms with van der Waals surface area (Å²) < 4.78 is 0. The van der Waals surface area contributed by atoms with Gasteiger partial charge in [-0.25, -0.2) is 15.0 Å². The molecule has 5 aromatic heterocycles. The lowest BCUT2D eigenvalue weighted by Crippen LogP contribution is -2.16. The first kappa shape index (κ1) is 87.2. The van der Waals surface area contributed by atoms with E-state index in [1.54, 1.807) is 0 Å². The molecule has 0 unspecified atom stereocenters. The highest BCUT2D eigenvalue weighted by atomic mass is 14.8. The van der Waals surface area contributed by atoms with E-state index < -0.39 is 0 Å². The summed E-state index contributed by atoms with van der Waals surface area (Å²) in [5.74, 6) is 0. The molecule has 0 saturated carbocycles. The molecule has 0 N–H and O–H groups in total. The Morgan fingerprint density at radius 3 is 0.745 bits per heavy atom. The molecule has 684 valence electrons. The van der Waals surface area contributed by atoms with E-state index in [-0.39, 0.29) is 16.2 Å². The smallest absolute Gasteiger partial charge is 0.0780 e. The van der Waals surface area contributed by atoms with Gasteiger partial charge in [0.1, 0.15) is 0 Å². The summed E-state index contributed by atoms with van der Waals surface area (Å²) in [6, 6.07) is 174. The van der Waals surface area contributed by atoms with Crippen LogP contribution in [0.15, 0.2) is 492 Å². The summed E-state index contributed by atoms with van der Waals surface area (Å²) in [6.07, 6.45) is 3.76. The van der Waals surface area contributed by atoms with Gasteiger partial charge in [-0.05, 0) is 274 Å². The second kappa shape index (κ2) is 35.3. The molecule has 20 aromatic carbocycles. The van der Waals surface area contributed by atoms with Crippen molar-refractivity contribution in [2.24, 2.45) is 0 Å². The average Bonchev–Trinajstić information content (AvgIpc) is 1.63. The number of benzene rings is 20. The Labute approximate surface area is 845 Å². The van der Waals surface area contributed by atoms with Crippen molar-refractivity contribution in [3.05, 3.63) is 525 Å². The monoisotopic (exact) mass is 1850 g/mol. The molecule has 0 amide bonds. The van der Waals surface area contributed by atoms with Crippen molar-refractivity contribution in [3.63, 3.8) is 0 Å². The quantitative estimate of drug-likeness (QED) is 0.122. The Bertz CT molecular complexity index is 9240. The van der Waals surface area contributed by atoms with Crippen molar-refractivity contribution in [3.8, 4) is 167 Å². The van der Waals surface area contributed by atoms with Crippen molar-refractivity contribution in [2.45, 2.75) is 57.8 Å². The van der Waals surface area contributed by atoms with Gasteiger partial charge in [0.25, 0.3) is 0 Å². The van der Waals surface area contributed by atoms with Gasteiger partial charge in [0, 0.05) is 83.4 Å². The maximum atomic E-state index is 5.26. The van der Waals surface area contributed by atoms with Crippen molar-refractivity contribution < 1.29 is 0 Å². The predicted octanol–water partition coefficient (Wildman–Crippen LogP) is 37.0. The third kappa shape index (κ3) is 15.3. The topological polar surface area (TPSA) is 64.5 Å². The molecule has 28 rings (SSSR count). The van der Waals surface area contributed by atoms with E-state index in [4.69, 9.17) is 24.9 Å². The van der Waals surface area contributed by atoms with E-state index in [0.29, 0.717) is 0 Å². The van der Waals surface area contributed by atoms with Crippen LogP contribution >= 0.6 is 0 Å². The summed E-state index contributed by atoms with van der Waals surface area (Å²) in [5, 5.41) is 10.8. The molecule has 0 bridgehead atoms. The second-order valence-corrected chi connectivity index (χ2v) is 40.4. The standard InChI is InChI=1S/C50H35N.C48H33N3.C42H31N/c1-50(2)45-17-9-7-15-43(45)49-48(50)47(44-16-8-10-18-46(44)51-49)35-23-19-34(20-24-35)40-29-41(38-25-21-32-11-3-5-13-36(32)27-38)31-42(30-40)39-26-22-33-12-4-6-14-37(33)28-39;1-48(2)41-19-5-3-15-39(41)47-44(48)43(40-16-4-6-20-42(40)51-47)31-23-21-30(22-24-31)34-27-35(37-17-7-11-32-13-9-25-49-45(32)37)29-36(28-34)38-18-8-12-33-14-10-26-50-46(33)38;1-42(2)37-19-11-9-17-35(37)41-40(42)39(36-18-10-12-20-38(36)43-41)31-23-21-30(22-24-31)34-26-32(28-13-5-3-6-14-28)25-33(27-34)29-15-7-4-8-16-29/h3-31H,1-2H3;3-29H,1-2H3;3-27H,1-2H3. The largest absolute Gasteiger partial charge is 0.256 e. The minimum atomic E-state index is -0.181. The fourth-order valence-corrected chi connectivity index (χ4v) is 23.6. The minimum Gasteiger partial charge on any atom is -0.256 e. The molecular formula is C140H99N5. The number of para-hydroxylation sites is 5. The molecule has 0 radical (unpaired) electrons. The van der Waals surface area contributed by atoms with Gasteiger partial charge in [-0.3, -0.25) is 9.97 Å². The molecule has 0 aliphatic heterocycles. The van der Waals surface area contributed by atoms with E-state index >= 15 is 0 Å². The highest BCUT2D eigenvalue weighted by molar-refractivity contribution is 6.08. The molecule has 5 heteroatoms. The SMILES string of the molecule is CC1(C)c2ccccc2-c2nc3ccccc3c(-c3ccc(-c4cc(-c5ccc6ccccc6c5)cc(-c5ccc6ccccc6c5)c4)cc3)c21.CC1(C)c2ccccc2-c2nc3ccccc3c(-c3ccc(-c4cc(-c5cccc6cccnc56)cc(-c5cccc6cccnc56)c4)cc3)c21.CC1(C)c2ccccc2-c2nc3ccccc3c(-c3ccc(-c4cc(-c5ccccc5)cc(-c5ccccc5)c4)cc3)c21. The molecule has 0 spiro atoms. The summed E-state index contributed by atoms with van der Waals surface area (Å²) in [7, 11) is 0. The number of pyridine rings is 5. The molecule has 5 heterocycles. The predicted molar refractivity (Wildman–Crippen MR) is 609 cm³/mol. The Morgan fingerprint density at radius 1 is 0.159 bits per heavy atom. The van der Waals surface area contributed by atoms with Gasteiger partial charge in [-0.2, -0.15) is 0 Å². The number of aromatic nitrogens is 5. The van der Waals surface area contributed by atoms with Crippen molar-refractivity contribution in [2.75, 3.05) is 0 Å². The molecular weight excluding hydrogens is 1750 g/mol. The molecule has 0 fully saturated rings. The summed E-state index contributed by atoms with van der Waals surface area (Å²) in [5.41, 5.74) is 48.4. The van der Waals surface area contributed by atoms with Crippen LogP contribution in [0, 0.1) is 0 Å².